The van der Waals surface area contributed by atoms with Crippen LogP contribution in [0.1, 0.15) is 13.3 Å². The van der Waals surface area contributed by atoms with Crippen LogP contribution in [0.15, 0.2) is 0 Å². The second kappa shape index (κ2) is 4.93. The molecule has 0 radical (unpaired) electrons. The lowest BCUT2D eigenvalue weighted by atomic mass is 10.4. The zero-order valence-corrected chi connectivity index (χ0v) is 8.78. The number of sulfonamides is 1. The molecule has 6 nitrogen and oxygen atoms in total. The predicted octanol–water partition coefficient (Wildman–Crippen LogP) is -0.365. The van der Waals surface area contributed by atoms with Gasteiger partial charge in [-0.05, 0) is 6.92 Å². The molecule has 0 aliphatic heterocycles. The van der Waals surface area contributed by atoms with Gasteiger partial charge in [-0.25, -0.2) is 12.7 Å². The summed E-state index contributed by atoms with van der Waals surface area (Å²) in [6.45, 7) is 1.14. The van der Waals surface area contributed by atoms with Crippen molar-refractivity contribution in [3.63, 3.8) is 0 Å². The van der Waals surface area contributed by atoms with Gasteiger partial charge in [0.2, 0.25) is 10.0 Å². The van der Waals surface area contributed by atoms with E-state index < -0.39 is 21.2 Å². The fourth-order valence-corrected chi connectivity index (χ4v) is 1.74. The maximum absolute atomic E-state index is 11.4. The highest BCUT2D eigenvalue weighted by atomic mass is 32.2. The summed E-state index contributed by atoms with van der Waals surface area (Å²) in [7, 11) is -2.42. The van der Waals surface area contributed by atoms with Crippen molar-refractivity contribution < 1.29 is 18.3 Å². The van der Waals surface area contributed by atoms with E-state index in [1.807, 2.05) is 0 Å². The molecular formula is C7H12N2O4S. The lowest BCUT2D eigenvalue weighted by Gasteiger charge is -2.17. The highest BCUT2D eigenvalue weighted by molar-refractivity contribution is 7.89. The third kappa shape index (κ3) is 3.32. The van der Waals surface area contributed by atoms with Crippen LogP contribution in [0, 0.1) is 11.3 Å². The molecule has 1 N–H and O–H groups in total. The minimum Gasteiger partial charge on any atom is -0.481 e. The van der Waals surface area contributed by atoms with Gasteiger partial charge in [0.15, 0.2) is 5.25 Å². The SMILES string of the molecule is CC(C#N)S(=O)(=O)N(C)CCC(=O)O. The van der Waals surface area contributed by atoms with Crippen molar-refractivity contribution in [3.05, 3.63) is 0 Å². The topological polar surface area (TPSA) is 98.5 Å². The van der Waals surface area contributed by atoms with Crippen molar-refractivity contribution in [2.45, 2.75) is 18.6 Å². The van der Waals surface area contributed by atoms with Gasteiger partial charge in [0.05, 0.1) is 12.5 Å². The van der Waals surface area contributed by atoms with Crippen LogP contribution in [-0.4, -0.2) is 42.6 Å². The Morgan fingerprint density at radius 2 is 2.14 bits per heavy atom. The third-order valence-electron chi connectivity index (χ3n) is 1.70. The molecular weight excluding hydrogens is 208 g/mol. The molecule has 0 rings (SSSR count). The molecule has 0 aromatic carbocycles. The molecule has 0 spiro atoms. The van der Waals surface area contributed by atoms with Crippen molar-refractivity contribution in [2.24, 2.45) is 0 Å². The quantitative estimate of drug-likeness (QED) is 0.681. The second-order valence-electron chi connectivity index (χ2n) is 2.78. The first-order valence-electron chi connectivity index (χ1n) is 3.89. The summed E-state index contributed by atoms with van der Waals surface area (Å²) in [6, 6.07) is 1.60. The summed E-state index contributed by atoms with van der Waals surface area (Å²) in [4.78, 5) is 10.2. The fourth-order valence-electron chi connectivity index (χ4n) is 0.717. The van der Waals surface area contributed by atoms with Crippen LogP contribution >= 0.6 is 0 Å². The van der Waals surface area contributed by atoms with Gasteiger partial charge in [-0.15, -0.1) is 0 Å². The Labute approximate surface area is 82.8 Å². The largest absolute Gasteiger partial charge is 0.481 e. The molecule has 0 aliphatic carbocycles. The Kier molecular flexibility index (Phi) is 4.53. The molecule has 0 heterocycles. The highest BCUT2D eigenvalue weighted by Crippen LogP contribution is 2.06. The number of hydrogen-bond acceptors (Lipinski definition) is 4. The Bertz CT molecular complexity index is 343. The van der Waals surface area contributed by atoms with E-state index in [2.05, 4.69) is 0 Å². The number of carboxylic acid groups (broad SMARTS) is 1. The van der Waals surface area contributed by atoms with Crippen molar-refractivity contribution >= 4 is 16.0 Å². The van der Waals surface area contributed by atoms with Gasteiger partial charge in [-0.1, -0.05) is 0 Å². The van der Waals surface area contributed by atoms with Crippen LogP contribution in [0.25, 0.3) is 0 Å². The molecule has 0 fully saturated rings. The number of aliphatic carboxylic acids is 1. The number of hydrogen-bond donors (Lipinski definition) is 1. The monoisotopic (exact) mass is 220 g/mol. The molecule has 0 aliphatic rings. The molecule has 0 aromatic rings. The van der Waals surface area contributed by atoms with Crippen LogP contribution in [0.5, 0.6) is 0 Å². The fraction of sp³-hybridized carbons (Fsp3) is 0.714. The standard InChI is InChI=1S/C7H12N2O4S/c1-6(5-8)14(12,13)9(2)4-3-7(10)11/h6H,3-4H2,1-2H3,(H,10,11). The van der Waals surface area contributed by atoms with E-state index in [9.17, 15) is 13.2 Å². The summed E-state index contributed by atoms with van der Waals surface area (Å²) >= 11 is 0. The lowest BCUT2D eigenvalue weighted by molar-refractivity contribution is -0.137. The summed E-state index contributed by atoms with van der Waals surface area (Å²) in [6.07, 6.45) is -0.270. The smallest absolute Gasteiger partial charge is 0.304 e. The Balaban J connectivity index is 4.46. The Morgan fingerprint density at radius 1 is 1.64 bits per heavy atom. The van der Waals surface area contributed by atoms with E-state index in [1.165, 1.54) is 14.0 Å². The Morgan fingerprint density at radius 3 is 2.50 bits per heavy atom. The van der Waals surface area contributed by atoms with Gasteiger partial charge in [0.1, 0.15) is 0 Å². The average Bonchev–Trinajstić information content (AvgIpc) is 2.12. The number of nitriles is 1. The maximum atomic E-state index is 11.4. The predicted molar refractivity (Wildman–Crippen MR) is 48.9 cm³/mol. The molecule has 0 saturated carbocycles. The third-order valence-corrected chi connectivity index (χ3v) is 3.75. The van der Waals surface area contributed by atoms with E-state index in [1.54, 1.807) is 6.07 Å². The summed E-state index contributed by atoms with van der Waals surface area (Å²) in [5.41, 5.74) is 0. The first-order chi connectivity index (χ1) is 6.32. The molecule has 0 bridgehead atoms. The van der Waals surface area contributed by atoms with Crippen LogP contribution in [0.2, 0.25) is 0 Å². The van der Waals surface area contributed by atoms with E-state index in [0.29, 0.717) is 0 Å². The van der Waals surface area contributed by atoms with E-state index in [-0.39, 0.29) is 13.0 Å². The van der Waals surface area contributed by atoms with Crippen molar-refractivity contribution in [1.82, 2.24) is 4.31 Å². The highest BCUT2D eigenvalue weighted by Gasteiger charge is 2.25. The van der Waals surface area contributed by atoms with Gasteiger partial charge in [-0.2, -0.15) is 5.26 Å². The van der Waals surface area contributed by atoms with Crippen LogP contribution in [0.3, 0.4) is 0 Å². The summed E-state index contributed by atoms with van der Waals surface area (Å²) < 4.78 is 23.7. The first kappa shape index (κ1) is 12.9. The lowest BCUT2D eigenvalue weighted by Crippen LogP contribution is -2.35. The van der Waals surface area contributed by atoms with Crippen LogP contribution < -0.4 is 0 Å². The molecule has 0 amide bonds. The van der Waals surface area contributed by atoms with Gasteiger partial charge >= 0.3 is 5.97 Å². The van der Waals surface area contributed by atoms with Gasteiger partial charge in [-0.3, -0.25) is 4.79 Å². The average molecular weight is 220 g/mol. The van der Waals surface area contributed by atoms with Gasteiger partial charge < -0.3 is 5.11 Å². The summed E-state index contributed by atoms with van der Waals surface area (Å²) in [5.74, 6) is -1.07. The minimum absolute atomic E-state index is 0.121. The van der Waals surface area contributed by atoms with E-state index >= 15 is 0 Å². The zero-order chi connectivity index (χ0) is 11.4. The van der Waals surface area contributed by atoms with Crippen molar-refractivity contribution in [1.29, 1.82) is 5.26 Å². The number of nitrogens with zero attached hydrogens (tertiary/aromatic N) is 2. The van der Waals surface area contributed by atoms with Crippen LogP contribution in [0.4, 0.5) is 0 Å². The maximum Gasteiger partial charge on any atom is 0.304 e. The molecule has 7 heteroatoms. The molecule has 1 unspecified atom stereocenters. The number of carboxylic acids is 1. The Hall–Kier alpha value is -1.13. The summed E-state index contributed by atoms with van der Waals surface area (Å²) in [5, 5.41) is 15.6. The molecule has 0 aromatic heterocycles. The van der Waals surface area contributed by atoms with Gasteiger partial charge in [0, 0.05) is 13.6 Å². The molecule has 14 heavy (non-hydrogen) atoms. The van der Waals surface area contributed by atoms with E-state index in [0.717, 1.165) is 4.31 Å². The van der Waals surface area contributed by atoms with Crippen molar-refractivity contribution in [2.75, 3.05) is 13.6 Å². The van der Waals surface area contributed by atoms with Crippen LogP contribution in [-0.2, 0) is 14.8 Å². The second-order valence-corrected chi connectivity index (χ2v) is 5.14. The normalized spacial score (nSPS) is 13.6. The zero-order valence-electron chi connectivity index (χ0n) is 7.97. The van der Waals surface area contributed by atoms with Gasteiger partial charge in [0.25, 0.3) is 0 Å². The van der Waals surface area contributed by atoms with E-state index in [4.69, 9.17) is 10.4 Å². The molecule has 0 saturated heterocycles. The minimum atomic E-state index is -3.68. The number of rotatable bonds is 5. The molecule has 1 atom stereocenters. The number of carbonyl (C=O) groups is 1. The first-order valence-corrected chi connectivity index (χ1v) is 5.39. The molecule has 80 valence electrons. The van der Waals surface area contributed by atoms with Crippen molar-refractivity contribution in [3.8, 4) is 6.07 Å².